The molecule has 0 saturated carbocycles. The summed E-state index contributed by atoms with van der Waals surface area (Å²) in [7, 11) is 0. The van der Waals surface area contributed by atoms with Crippen molar-refractivity contribution in [1.29, 1.82) is 0 Å². The Morgan fingerprint density at radius 3 is 2.79 bits per heavy atom. The molecule has 8 nitrogen and oxygen atoms in total. The van der Waals surface area contributed by atoms with E-state index in [-0.39, 0.29) is 13.0 Å². The number of carbonyl (C=O) groups is 1. The van der Waals surface area contributed by atoms with Gasteiger partial charge in [0.15, 0.2) is 0 Å². The smallest absolute Gasteiger partial charge is 0.306 e. The molecule has 0 spiro atoms. The van der Waals surface area contributed by atoms with E-state index in [1.807, 2.05) is 30.3 Å². The van der Waals surface area contributed by atoms with E-state index in [0.29, 0.717) is 38.1 Å². The molecule has 0 bridgehead atoms. The summed E-state index contributed by atoms with van der Waals surface area (Å²) in [5.74, 6) is 0.375. The second kappa shape index (κ2) is 8.81. The Morgan fingerprint density at radius 1 is 1.18 bits per heavy atom. The van der Waals surface area contributed by atoms with Gasteiger partial charge in [-0.1, -0.05) is 29.3 Å². The summed E-state index contributed by atoms with van der Waals surface area (Å²) >= 11 is 16.4. The summed E-state index contributed by atoms with van der Waals surface area (Å²) in [5.41, 5.74) is 3.40. The lowest BCUT2D eigenvalue weighted by Crippen LogP contribution is -2.16. The Bertz CT molecular complexity index is 1380. The van der Waals surface area contributed by atoms with Gasteiger partial charge in [-0.25, -0.2) is 14.6 Å². The maximum absolute atomic E-state index is 10.8. The maximum atomic E-state index is 10.8. The van der Waals surface area contributed by atoms with Crippen LogP contribution in [-0.2, 0) is 11.2 Å². The van der Waals surface area contributed by atoms with Crippen LogP contribution in [0.25, 0.3) is 16.6 Å². The third-order valence-corrected chi connectivity index (χ3v) is 7.09. The molecule has 4 aromatic rings. The number of halogens is 3. The topological polar surface area (TPSA) is 93.4 Å². The predicted octanol–water partition coefficient (Wildman–Crippen LogP) is 5.43. The van der Waals surface area contributed by atoms with E-state index in [9.17, 15) is 4.79 Å². The normalized spacial score (nSPS) is 12.9. The predicted molar refractivity (Wildman–Crippen MR) is 129 cm³/mol. The Balaban J connectivity index is 1.61. The molecule has 1 aliphatic heterocycles. The molecule has 5 rings (SSSR count). The minimum Gasteiger partial charge on any atom is -0.493 e. The fourth-order valence-corrected chi connectivity index (χ4v) is 4.77. The second-order valence-corrected chi connectivity index (χ2v) is 9.02. The number of aromatic nitrogens is 4. The van der Waals surface area contributed by atoms with Crippen molar-refractivity contribution in [1.82, 2.24) is 19.7 Å². The van der Waals surface area contributed by atoms with E-state index >= 15 is 0 Å². The highest BCUT2D eigenvalue weighted by atomic mass is 79.9. The largest absolute Gasteiger partial charge is 0.493 e. The summed E-state index contributed by atoms with van der Waals surface area (Å²) in [6.07, 6.45) is 3.84. The van der Waals surface area contributed by atoms with E-state index in [4.69, 9.17) is 38.0 Å². The number of benzene rings is 2. The zero-order chi connectivity index (χ0) is 23.1. The van der Waals surface area contributed by atoms with Crippen LogP contribution in [0.3, 0.4) is 0 Å². The number of hydrogen-bond donors (Lipinski definition) is 1. The van der Waals surface area contributed by atoms with Crippen LogP contribution in [0.2, 0.25) is 10.0 Å². The Morgan fingerprint density at radius 2 is 2.03 bits per heavy atom. The Kier molecular flexibility index (Phi) is 5.86. The van der Waals surface area contributed by atoms with Crippen molar-refractivity contribution in [3.8, 4) is 11.4 Å². The quantitative estimate of drug-likeness (QED) is 0.321. The lowest BCUT2D eigenvalue weighted by molar-refractivity contribution is -0.137. The zero-order valence-electron chi connectivity index (χ0n) is 17.0. The minimum absolute atomic E-state index is 0.0664. The number of aliphatic carboxylic acids is 1. The molecule has 168 valence electrons. The van der Waals surface area contributed by atoms with Crippen molar-refractivity contribution < 1.29 is 14.6 Å². The molecule has 0 unspecified atom stereocenters. The zero-order valence-corrected chi connectivity index (χ0v) is 20.1. The van der Waals surface area contributed by atoms with Crippen molar-refractivity contribution in [3.63, 3.8) is 0 Å². The highest BCUT2D eigenvalue weighted by Gasteiger charge is 2.25. The molecular weight excluding hydrogens is 533 g/mol. The van der Waals surface area contributed by atoms with Crippen molar-refractivity contribution in [3.05, 3.63) is 63.1 Å². The molecule has 0 radical (unpaired) electrons. The lowest BCUT2D eigenvalue weighted by Gasteiger charge is -2.21. The van der Waals surface area contributed by atoms with Gasteiger partial charge in [-0.2, -0.15) is 5.10 Å². The first kappa shape index (κ1) is 21.9. The first-order chi connectivity index (χ1) is 15.9. The van der Waals surface area contributed by atoms with Crippen LogP contribution in [0.15, 0.2) is 47.5 Å². The van der Waals surface area contributed by atoms with Crippen molar-refractivity contribution in [2.24, 2.45) is 0 Å². The van der Waals surface area contributed by atoms with E-state index < -0.39 is 5.97 Å². The van der Waals surface area contributed by atoms with Gasteiger partial charge in [0, 0.05) is 34.2 Å². The van der Waals surface area contributed by atoms with Crippen molar-refractivity contribution >= 4 is 67.5 Å². The number of hydrogen-bond acceptors (Lipinski definition) is 6. The fourth-order valence-electron chi connectivity index (χ4n) is 3.84. The van der Waals surface area contributed by atoms with Gasteiger partial charge in [0.05, 0.1) is 34.3 Å². The van der Waals surface area contributed by atoms with Gasteiger partial charge in [0.1, 0.15) is 24.2 Å². The number of carboxylic acids is 1. The molecule has 0 atom stereocenters. The number of nitrogens with zero attached hydrogens (tertiary/aromatic N) is 5. The molecule has 3 heterocycles. The van der Waals surface area contributed by atoms with Gasteiger partial charge < -0.3 is 14.7 Å². The van der Waals surface area contributed by atoms with E-state index in [1.165, 1.54) is 6.33 Å². The van der Waals surface area contributed by atoms with Gasteiger partial charge in [-0.05, 0) is 40.0 Å². The standard InChI is InChI=1S/C22H16BrCl2N5O3/c23-15-8-14-17(30-11-26-10-27-30)9-18(28-22(14)21(25)20(15)24)29-5-3-12-1-2-13(7-16(12)29)33-6-4-19(31)32/h1-2,7-11H,3-6H2,(H,31,32). The maximum Gasteiger partial charge on any atom is 0.306 e. The molecule has 2 aromatic carbocycles. The van der Waals surface area contributed by atoms with Crippen LogP contribution in [0, 0.1) is 0 Å². The lowest BCUT2D eigenvalue weighted by atomic mass is 10.1. The van der Waals surface area contributed by atoms with Crippen LogP contribution < -0.4 is 9.64 Å². The fraction of sp³-hybridized carbons (Fsp3) is 0.182. The summed E-state index contributed by atoms with van der Waals surface area (Å²) in [6.45, 7) is 0.812. The summed E-state index contributed by atoms with van der Waals surface area (Å²) in [6, 6.07) is 9.55. The number of pyridine rings is 1. The summed E-state index contributed by atoms with van der Waals surface area (Å²) < 4.78 is 7.95. The highest BCUT2D eigenvalue weighted by molar-refractivity contribution is 9.10. The van der Waals surface area contributed by atoms with Gasteiger partial charge in [0.2, 0.25) is 0 Å². The molecule has 1 N–H and O–H groups in total. The first-order valence-corrected chi connectivity index (χ1v) is 11.6. The number of rotatable bonds is 6. The molecule has 2 aromatic heterocycles. The molecule has 11 heteroatoms. The van der Waals surface area contributed by atoms with Crippen LogP contribution >= 0.6 is 39.1 Å². The molecular formula is C22H16BrCl2N5O3. The van der Waals surface area contributed by atoms with Gasteiger partial charge >= 0.3 is 5.97 Å². The SMILES string of the molecule is O=C(O)CCOc1ccc2c(c1)N(c1cc(-n3cncn3)c3cc(Br)c(Cl)c(Cl)c3n1)CC2. The van der Waals surface area contributed by atoms with Gasteiger partial charge in [-0.15, -0.1) is 0 Å². The van der Waals surface area contributed by atoms with Crippen LogP contribution in [0.4, 0.5) is 11.5 Å². The highest BCUT2D eigenvalue weighted by Crippen LogP contribution is 2.42. The summed E-state index contributed by atoms with van der Waals surface area (Å²) in [4.78, 5) is 21.8. The summed E-state index contributed by atoms with van der Waals surface area (Å²) in [5, 5.41) is 14.6. The number of anilines is 2. The first-order valence-electron chi connectivity index (χ1n) is 10.0. The molecule has 0 aliphatic carbocycles. The van der Waals surface area contributed by atoms with E-state index in [0.717, 1.165) is 28.7 Å². The van der Waals surface area contributed by atoms with E-state index in [2.05, 4.69) is 30.9 Å². The number of ether oxygens (including phenoxy) is 1. The van der Waals surface area contributed by atoms with Crippen molar-refractivity contribution in [2.75, 3.05) is 18.1 Å². The van der Waals surface area contributed by atoms with Crippen LogP contribution in [-0.4, -0.2) is 44.0 Å². The average Bonchev–Trinajstić information content (AvgIpc) is 3.47. The molecule has 0 saturated heterocycles. The second-order valence-electron chi connectivity index (χ2n) is 7.41. The Hall–Kier alpha value is -2.88. The third kappa shape index (κ3) is 4.12. The van der Waals surface area contributed by atoms with Gasteiger partial charge in [0.25, 0.3) is 0 Å². The average molecular weight is 549 g/mol. The van der Waals surface area contributed by atoms with Crippen molar-refractivity contribution in [2.45, 2.75) is 12.8 Å². The number of carboxylic acid groups (broad SMARTS) is 1. The monoisotopic (exact) mass is 547 g/mol. The molecule has 33 heavy (non-hydrogen) atoms. The van der Waals surface area contributed by atoms with Crippen LogP contribution in [0.5, 0.6) is 5.75 Å². The Labute approximate surface area is 206 Å². The molecule has 0 fully saturated rings. The number of fused-ring (bicyclic) bond motifs is 2. The van der Waals surface area contributed by atoms with Gasteiger partial charge in [-0.3, -0.25) is 4.79 Å². The van der Waals surface area contributed by atoms with E-state index in [1.54, 1.807) is 11.0 Å². The molecule has 1 aliphatic rings. The third-order valence-electron chi connectivity index (χ3n) is 5.38. The van der Waals surface area contributed by atoms with Crippen LogP contribution in [0.1, 0.15) is 12.0 Å². The molecule has 0 amide bonds. The minimum atomic E-state index is -0.902.